The van der Waals surface area contributed by atoms with Crippen LogP contribution < -0.4 is 11.1 Å². The zero-order valence-corrected chi connectivity index (χ0v) is 21.9. The van der Waals surface area contributed by atoms with E-state index in [0.717, 1.165) is 11.1 Å². The third-order valence-corrected chi connectivity index (χ3v) is 6.54. The van der Waals surface area contributed by atoms with Gasteiger partial charge in [-0.15, -0.1) is 10.2 Å². The second-order valence-electron chi connectivity index (χ2n) is 9.81. The fourth-order valence-electron chi connectivity index (χ4n) is 4.42. The van der Waals surface area contributed by atoms with Crippen LogP contribution in [0.4, 0.5) is 4.39 Å². The molecule has 0 bridgehead atoms. The molecule has 3 aromatic carbocycles. The summed E-state index contributed by atoms with van der Waals surface area (Å²) in [5.41, 5.74) is 8.92. The lowest BCUT2D eigenvalue weighted by Gasteiger charge is -2.20. The van der Waals surface area contributed by atoms with E-state index >= 15 is 0 Å². The van der Waals surface area contributed by atoms with Crippen molar-refractivity contribution in [3.05, 3.63) is 119 Å². The molecule has 0 fully saturated rings. The standard InChI is InChI=1S/C31H26FN5O3/c1-19(21-8-10-26(32)11-9-21)35-28(38)24-14-23(27-22(18-33)12-13-39-27)15-25(16-24)29-36-37-30(40-29)31(2,34)17-20-6-4-3-5-7-20/h3-16,19H,17,34H2,1-2H3,(H,35,38). The van der Waals surface area contributed by atoms with Crippen molar-refractivity contribution in [2.24, 2.45) is 5.73 Å². The van der Waals surface area contributed by atoms with E-state index in [9.17, 15) is 14.4 Å². The second-order valence-corrected chi connectivity index (χ2v) is 9.81. The zero-order valence-electron chi connectivity index (χ0n) is 21.9. The summed E-state index contributed by atoms with van der Waals surface area (Å²) in [7, 11) is 0. The molecule has 0 radical (unpaired) electrons. The Morgan fingerprint density at radius 2 is 1.80 bits per heavy atom. The van der Waals surface area contributed by atoms with Gasteiger partial charge in [-0.25, -0.2) is 4.39 Å². The van der Waals surface area contributed by atoms with E-state index < -0.39 is 17.5 Å². The number of furan rings is 1. The van der Waals surface area contributed by atoms with Crippen LogP contribution in [0.5, 0.6) is 0 Å². The van der Waals surface area contributed by atoms with Crippen molar-refractivity contribution in [2.75, 3.05) is 0 Å². The lowest BCUT2D eigenvalue weighted by Crippen LogP contribution is -2.35. The van der Waals surface area contributed by atoms with Crippen LogP contribution in [-0.4, -0.2) is 16.1 Å². The van der Waals surface area contributed by atoms with E-state index in [-0.39, 0.29) is 23.2 Å². The van der Waals surface area contributed by atoms with Crippen molar-refractivity contribution in [2.45, 2.75) is 31.8 Å². The Hall–Kier alpha value is -5.07. The number of nitrogens with two attached hydrogens (primary N) is 1. The first kappa shape index (κ1) is 26.5. The zero-order chi connectivity index (χ0) is 28.3. The highest BCUT2D eigenvalue weighted by Gasteiger charge is 2.29. The SMILES string of the molecule is CC(NC(=O)c1cc(-c2nnc(C(C)(N)Cc3ccccc3)o2)cc(-c2occc2C#N)c1)c1ccc(F)cc1. The lowest BCUT2D eigenvalue weighted by atomic mass is 9.94. The smallest absolute Gasteiger partial charge is 0.251 e. The lowest BCUT2D eigenvalue weighted by molar-refractivity contribution is 0.0940. The van der Waals surface area contributed by atoms with Gasteiger partial charge in [0.05, 0.1) is 23.4 Å². The predicted octanol–water partition coefficient (Wildman–Crippen LogP) is 5.91. The first-order chi connectivity index (χ1) is 19.2. The fraction of sp³-hybridized carbons (Fsp3) is 0.161. The van der Waals surface area contributed by atoms with Gasteiger partial charge in [0.25, 0.3) is 5.91 Å². The number of carbonyl (C=O) groups is 1. The van der Waals surface area contributed by atoms with Crippen LogP contribution in [-0.2, 0) is 12.0 Å². The molecule has 9 heteroatoms. The molecule has 0 aliphatic rings. The highest BCUT2D eigenvalue weighted by Crippen LogP contribution is 2.32. The molecular weight excluding hydrogens is 509 g/mol. The maximum Gasteiger partial charge on any atom is 0.251 e. The number of halogens is 1. The van der Waals surface area contributed by atoms with Crippen molar-refractivity contribution in [1.82, 2.24) is 15.5 Å². The third-order valence-electron chi connectivity index (χ3n) is 6.54. The Kier molecular flexibility index (Phi) is 7.27. The molecule has 3 N–H and O–H groups in total. The molecule has 0 saturated heterocycles. The summed E-state index contributed by atoms with van der Waals surface area (Å²) in [4.78, 5) is 13.4. The van der Waals surface area contributed by atoms with Crippen LogP contribution in [0.2, 0.25) is 0 Å². The molecule has 2 heterocycles. The average Bonchev–Trinajstić information content (AvgIpc) is 3.64. The summed E-state index contributed by atoms with van der Waals surface area (Å²) in [6.45, 7) is 3.61. The number of rotatable bonds is 8. The minimum Gasteiger partial charge on any atom is -0.463 e. The first-order valence-electron chi connectivity index (χ1n) is 12.6. The molecule has 200 valence electrons. The van der Waals surface area contributed by atoms with Gasteiger partial charge >= 0.3 is 0 Å². The second kappa shape index (κ2) is 11.0. The van der Waals surface area contributed by atoms with Crippen LogP contribution in [0.25, 0.3) is 22.8 Å². The van der Waals surface area contributed by atoms with E-state index in [4.69, 9.17) is 14.6 Å². The van der Waals surface area contributed by atoms with E-state index in [2.05, 4.69) is 21.6 Å². The van der Waals surface area contributed by atoms with Gasteiger partial charge < -0.3 is 19.9 Å². The van der Waals surface area contributed by atoms with Gasteiger partial charge in [0.1, 0.15) is 11.9 Å². The van der Waals surface area contributed by atoms with Crippen molar-refractivity contribution in [3.8, 4) is 28.8 Å². The molecule has 0 spiro atoms. The molecule has 0 aliphatic carbocycles. The van der Waals surface area contributed by atoms with Crippen LogP contribution in [0, 0.1) is 17.1 Å². The molecule has 1 amide bonds. The summed E-state index contributed by atoms with van der Waals surface area (Å²) >= 11 is 0. The van der Waals surface area contributed by atoms with E-state index in [1.165, 1.54) is 18.4 Å². The molecule has 2 atom stereocenters. The summed E-state index contributed by atoms with van der Waals surface area (Å²) in [6, 6.07) is 23.8. The maximum atomic E-state index is 13.4. The Balaban J connectivity index is 1.49. The molecular formula is C31H26FN5O3. The van der Waals surface area contributed by atoms with Crippen LogP contribution in [0.1, 0.15) is 52.8 Å². The molecule has 5 rings (SSSR count). The first-order valence-corrected chi connectivity index (χ1v) is 12.6. The predicted molar refractivity (Wildman–Crippen MR) is 146 cm³/mol. The topological polar surface area (TPSA) is 131 Å². The number of carbonyl (C=O) groups excluding carboxylic acids is 1. The minimum atomic E-state index is -0.940. The number of benzene rings is 3. The molecule has 8 nitrogen and oxygen atoms in total. The summed E-state index contributed by atoms with van der Waals surface area (Å²) in [5.74, 6) is -0.0479. The molecule has 0 saturated carbocycles. The quantitative estimate of drug-likeness (QED) is 0.252. The summed E-state index contributed by atoms with van der Waals surface area (Å²) in [5, 5.41) is 20.9. The molecule has 2 unspecified atom stereocenters. The Labute approximate surface area is 230 Å². The van der Waals surface area contributed by atoms with E-state index in [1.54, 1.807) is 43.3 Å². The molecule has 5 aromatic rings. The van der Waals surface area contributed by atoms with Gasteiger partial charge in [-0.05, 0) is 67.8 Å². The number of aromatic nitrogens is 2. The van der Waals surface area contributed by atoms with Gasteiger partial charge in [0, 0.05) is 16.7 Å². The third kappa shape index (κ3) is 5.67. The minimum absolute atomic E-state index is 0.160. The summed E-state index contributed by atoms with van der Waals surface area (Å²) < 4.78 is 25.0. The fourth-order valence-corrected chi connectivity index (χ4v) is 4.42. The monoisotopic (exact) mass is 535 g/mol. The van der Waals surface area contributed by atoms with Gasteiger partial charge in [-0.1, -0.05) is 42.5 Å². The largest absolute Gasteiger partial charge is 0.463 e. The van der Waals surface area contributed by atoms with Crippen molar-refractivity contribution in [1.29, 1.82) is 5.26 Å². The Morgan fingerprint density at radius 3 is 2.52 bits per heavy atom. The normalized spacial score (nSPS) is 13.3. The van der Waals surface area contributed by atoms with E-state index in [0.29, 0.717) is 28.9 Å². The number of hydrogen-bond acceptors (Lipinski definition) is 7. The van der Waals surface area contributed by atoms with Gasteiger partial charge in [0.15, 0.2) is 5.76 Å². The van der Waals surface area contributed by atoms with Crippen LogP contribution in [0.3, 0.4) is 0 Å². The molecule has 0 aliphatic heterocycles. The van der Waals surface area contributed by atoms with Crippen molar-refractivity contribution >= 4 is 5.91 Å². The van der Waals surface area contributed by atoms with Crippen molar-refractivity contribution < 1.29 is 18.0 Å². The maximum absolute atomic E-state index is 13.4. The highest BCUT2D eigenvalue weighted by molar-refractivity contribution is 5.97. The number of hydrogen-bond donors (Lipinski definition) is 2. The molecule has 2 aromatic heterocycles. The van der Waals surface area contributed by atoms with Gasteiger partial charge in [-0.2, -0.15) is 5.26 Å². The Bertz CT molecular complexity index is 1680. The van der Waals surface area contributed by atoms with Crippen LogP contribution >= 0.6 is 0 Å². The van der Waals surface area contributed by atoms with Gasteiger partial charge in [-0.3, -0.25) is 4.79 Å². The number of nitrogens with zero attached hydrogens (tertiary/aromatic N) is 3. The number of amides is 1. The summed E-state index contributed by atoms with van der Waals surface area (Å²) in [6.07, 6.45) is 1.88. The highest BCUT2D eigenvalue weighted by atomic mass is 19.1. The molecule has 40 heavy (non-hydrogen) atoms. The van der Waals surface area contributed by atoms with Gasteiger partial charge in [0.2, 0.25) is 11.8 Å². The average molecular weight is 536 g/mol. The number of nitrogens with one attached hydrogen (secondary N) is 1. The number of nitriles is 1. The van der Waals surface area contributed by atoms with E-state index in [1.807, 2.05) is 37.3 Å². The Morgan fingerprint density at radius 1 is 1.07 bits per heavy atom. The van der Waals surface area contributed by atoms with Crippen LogP contribution in [0.15, 0.2) is 94.0 Å². The van der Waals surface area contributed by atoms with Crippen molar-refractivity contribution in [3.63, 3.8) is 0 Å².